The third kappa shape index (κ3) is 9.67. The fourth-order valence-corrected chi connectivity index (χ4v) is 9.16. The Morgan fingerprint density at radius 2 is 1.73 bits per heavy atom. The number of rotatable bonds is 18. The van der Waals surface area contributed by atoms with Gasteiger partial charge in [0.05, 0.1) is 25.3 Å². The fourth-order valence-electron chi connectivity index (χ4n) is 7.82. The van der Waals surface area contributed by atoms with E-state index in [-0.39, 0.29) is 49.4 Å². The number of imide groups is 1. The molecule has 60 heavy (non-hydrogen) atoms. The molecule has 5 amide bonds. The predicted octanol–water partition coefficient (Wildman–Crippen LogP) is 5.26. The molecule has 0 aliphatic carbocycles. The Hall–Kier alpha value is -5.29. The number of aromatic nitrogens is 3. The van der Waals surface area contributed by atoms with E-state index in [1.807, 2.05) is 35.8 Å². The van der Waals surface area contributed by atoms with Crippen LogP contribution in [0.15, 0.2) is 47.5 Å². The molecule has 5 heterocycles. The molecule has 0 saturated carbocycles. The van der Waals surface area contributed by atoms with Gasteiger partial charge in [0.15, 0.2) is 5.82 Å². The number of carbonyl (C=O) groups excluding carboxylic acids is 5. The number of unbranched alkanes of at least 4 members (excludes halogenated alkanes) is 3. The Morgan fingerprint density at radius 1 is 0.950 bits per heavy atom. The van der Waals surface area contributed by atoms with Crippen LogP contribution >= 0.6 is 22.9 Å². The van der Waals surface area contributed by atoms with Crippen LogP contribution in [0, 0.1) is 20.8 Å². The van der Waals surface area contributed by atoms with Crippen LogP contribution in [0.3, 0.4) is 0 Å². The van der Waals surface area contributed by atoms with Gasteiger partial charge in [0.25, 0.3) is 5.91 Å². The first-order chi connectivity index (χ1) is 29.0. The molecule has 0 bridgehead atoms. The van der Waals surface area contributed by atoms with E-state index in [0.717, 1.165) is 65.5 Å². The number of aryl methyl sites for hydroxylation is 2. The number of thiophene rings is 1. The molecule has 4 aromatic rings. The SMILES string of the molecule is Cc1sc2c(c1C)C(c1ccc(Cl)cc1)=N[C@@H](CC(=O)NCCOCCNCCCCCCC(=O)Nc1cccc3c1CN(C1CCC(=O)NC1=O)C3=O)c1nnc(C)n1-2. The van der Waals surface area contributed by atoms with Crippen molar-refractivity contribution >= 4 is 63.9 Å². The summed E-state index contributed by atoms with van der Waals surface area (Å²) >= 11 is 7.89. The van der Waals surface area contributed by atoms with E-state index in [2.05, 4.69) is 45.3 Å². The number of anilines is 1. The second kappa shape index (κ2) is 19.4. The summed E-state index contributed by atoms with van der Waals surface area (Å²) in [6.07, 6.45) is 4.52. The van der Waals surface area contributed by atoms with Gasteiger partial charge in [0, 0.05) is 70.3 Å². The van der Waals surface area contributed by atoms with Crippen LogP contribution in [0.4, 0.5) is 5.69 Å². The van der Waals surface area contributed by atoms with Crippen LogP contribution in [0.2, 0.25) is 5.02 Å². The molecule has 1 unspecified atom stereocenters. The molecule has 7 rings (SSSR count). The number of hydrogen-bond donors (Lipinski definition) is 4. The van der Waals surface area contributed by atoms with Crippen LogP contribution in [0.5, 0.6) is 0 Å². The van der Waals surface area contributed by atoms with Gasteiger partial charge in [-0.25, -0.2) is 0 Å². The van der Waals surface area contributed by atoms with Crippen molar-refractivity contribution in [3.8, 4) is 5.00 Å². The molecule has 2 aromatic heterocycles. The van der Waals surface area contributed by atoms with Gasteiger partial charge in [-0.3, -0.25) is 38.8 Å². The van der Waals surface area contributed by atoms with E-state index >= 15 is 0 Å². The number of nitrogens with one attached hydrogen (secondary N) is 4. The standard InChI is InChI=1S/C43H50ClN9O6S/c1-25-26(2)60-43-38(25)39(28-12-14-29(44)15-13-28)48-33(40-51-50-27(3)53(40)43)23-37(56)46-20-22-59-21-19-45-18-7-5-4-6-11-35(54)47-32-10-8-9-30-31(32)24-52(42(30)58)34-16-17-36(55)49-41(34)57/h8-10,12-15,33-34,45H,4-7,11,16-24H2,1-3H3,(H,46,56)(H,47,54)(H,49,55,57)/t33-,34?/m0/s1. The zero-order valence-electron chi connectivity index (χ0n) is 34.1. The highest BCUT2D eigenvalue weighted by molar-refractivity contribution is 7.15. The van der Waals surface area contributed by atoms with Crippen molar-refractivity contribution in [3.05, 3.63) is 91.8 Å². The van der Waals surface area contributed by atoms with E-state index in [9.17, 15) is 24.0 Å². The van der Waals surface area contributed by atoms with Gasteiger partial charge in [-0.2, -0.15) is 0 Å². The Labute approximate surface area is 357 Å². The van der Waals surface area contributed by atoms with Gasteiger partial charge in [0.1, 0.15) is 22.9 Å². The maximum Gasteiger partial charge on any atom is 0.255 e. The minimum Gasteiger partial charge on any atom is -0.378 e. The number of fused-ring (bicyclic) bond motifs is 4. The number of nitrogens with zero attached hydrogens (tertiary/aromatic N) is 5. The van der Waals surface area contributed by atoms with E-state index in [1.165, 1.54) is 9.78 Å². The molecule has 1 fully saturated rings. The van der Waals surface area contributed by atoms with Crippen LogP contribution in [0.25, 0.3) is 5.00 Å². The molecule has 316 valence electrons. The average molecular weight is 856 g/mol. The number of ether oxygens (including phenoxy) is 1. The number of benzene rings is 2. The van der Waals surface area contributed by atoms with Gasteiger partial charge >= 0.3 is 0 Å². The molecule has 0 radical (unpaired) electrons. The summed E-state index contributed by atoms with van der Waals surface area (Å²) in [5, 5.41) is 22.1. The molecular formula is C43H50ClN9O6S. The molecule has 17 heteroatoms. The van der Waals surface area contributed by atoms with Crippen molar-refractivity contribution in [2.24, 2.45) is 4.99 Å². The lowest BCUT2D eigenvalue weighted by atomic mass is 9.99. The number of aliphatic imine (C=N–C) groups is 1. The minimum atomic E-state index is -0.704. The smallest absolute Gasteiger partial charge is 0.255 e. The lowest BCUT2D eigenvalue weighted by Crippen LogP contribution is -2.52. The van der Waals surface area contributed by atoms with Crippen molar-refractivity contribution in [2.45, 2.75) is 90.8 Å². The molecule has 15 nitrogen and oxygen atoms in total. The van der Waals surface area contributed by atoms with Crippen molar-refractivity contribution in [3.63, 3.8) is 0 Å². The fraction of sp³-hybridized carbons (Fsp3) is 0.442. The molecule has 3 aliphatic rings. The first-order valence-corrected chi connectivity index (χ1v) is 21.7. The Morgan fingerprint density at radius 3 is 2.53 bits per heavy atom. The highest BCUT2D eigenvalue weighted by atomic mass is 35.5. The molecule has 0 spiro atoms. The van der Waals surface area contributed by atoms with Gasteiger partial charge in [-0.15, -0.1) is 21.5 Å². The quantitative estimate of drug-likeness (QED) is 0.0765. The Balaban J connectivity index is 0.768. The predicted molar refractivity (Wildman–Crippen MR) is 229 cm³/mol. The lowest BCUT2D eigenvalue weighted by Gasteiger charge is -2.29. The maximum atomic E-state index is 13.2. The van der Waals surface area contributed by atoms with E-state index in [1.54, 1.807) is 29.5 Å². The normalized spacial score (nSPS) is 17.1. The summed E-state index contributed by atoms with van der Waals surface area (Å²) in [6.45, 7) is 9.09. The van der Waals surface area contributed by atoms with Crippen LogP contribution in [0.1, 0.15) is 107 Å². The summed E-state index contributed by atoms with van der Waals surface area (Å²) in [5.41, 5.74) is 5.61. The van der Waals surface area contributed by atoms with E-state index in [0.29, 0.717) is 60.4 Å². The molecular weight excluding hydrogens is 806 g/mol. The molecule has 2 atom stereocenters. The highest BCUT2D eigenvalue weighted by Gasteiger charge is 2.40. The molecule has 3 aliphatic heterocycles. The van der Waals surface area contributed by atoms with E-state index < -0.39 is 18.0 Å². The van der Waals surface area contributed by atoms with Gasteiger partial charge in [-0.05, 0) is 76.4 Å². The highest BCUT2D eigenvalue weighted by Crippen LogP contribution is 2.40. The maximum absolute atomic E-state index is 13.2. The number of hydrogen-bond acceptors (Lipinski definition) is 11. The number of carbonyl (C=O) groups is 5. The van der Waals surface area contributed by atoms with Gasteiger partial charge < -0.3 is 25.6 Å². The zero-order valence-corrected chi connectivity index (χ0v) is 35.6. The first kappa shape index (κ1) is 42.8. The molecule has 2 aromatic carbocycles. The average Bonchev–Trinajstić information content (AvgIpc) is 3.84. The summed E-state index contributed by atoms with van der Waals surface area (Å²) in [4.78, 5) is 70.8. The van der Waals surface area contributed by atoms with Crippen molar-refractivity contribution in [1.82, 2.24) is 35.6 Å². The minimum absolute atomic E-state index is 0.110. The first-order valence-electron chi connectivity index (χ1n) is 20.5. The van der Waals surface area contributed by atoms with Gasteiger partial charge in [-0.1, -0.05) is 42.6 Å². The van der Waals surface area contributed by atoms with Crippen LogP contribution in [-0.2, 0) is 30.5 Å². The summed E-state index contributed by atoms with van der Waals surface area (Å²) < 4.78 is 7.79. The van der Waals surface area contributed by atoms with E-state index in [4.69, 9.17) is 21.3 Å². The lowest BCUT2D eigenvalue weighted by molar-refractivity contribution is -0.137. The largest absolute Gasteiger partial charge is 0.378 e. The Bertz CT molecular complexity index is 2310. The molecule has 1 saturated heterocycles. The van der Waals surface area contributed by atoms with Crippen LogP contribution < -0.4 is 21.3 Å². The third-order valence-corrected chi connectivity index (χ3v) is 12.5. The summed E-state index contributed by atoms with van der Waals surface area (Å²) in [7, 11) is 0. The van der Waals surface area contributed by atoms with Crippen molar-refractivity contribution in [1.29, 1.82) is 0 Å². The second-order valence-corrected chi connectivity index (χ2v) is 16.9. The summed E-state index contributed by atoms with van der Waals surface area (Å²) in [6, 6.07) is 11.6. The van der Waals surface area contributed by atoms with Gasteiger partial charge in [0.2, 0.25) is 23.6 Å². The number of piperidine rings is 1. The molecule has 4 N–H and O–H groups in total. The van der Waals surface area contributed by atoms with Crippen molar-refractivity contribution < 1.29 is 28.7 Å². The third-order valence-electron chi connectivity index (χ3n) is 11.1. The topological polar surface area (TPSA) is 189 Å². The van der Waals surface area contributed by atoms with Crippen LogP contribution in [-0.4, -0.2) is 93.8 Å². The zero-order chi connectivity index (χ0) is 42.3. The second-order valence-electron chi connectivity index (χ2n) is 15.3. The Kier molecular flexibility index (Phi) is 13.8. The number of halogens is 1. The monoisotopic (exact) mass is 855 g/mol. The number of amides is 5. The van der Waals surface area contributed by atoms with Crippen molar-refractivity contribution in [2.75, 3.05) is 38.2 Å². The summed E-state index contributed by atoms with van der Waals surface area (Å²) in [5.74, 6) is 0.0365.